The lowest BCUT2D eigenvalue weighted by Crippen LogP contribution is -2.39. The third kappa shape index (κ3) is 5.96. The first kappa shape index (κ1) is 16.3. The normalized spacial score (nSPS) is 11.2. The third-order valence-electron chi connectivity index (χ3n) is 3.04. The van der Waals surface area contributed by atoms with Crippen LogP contribution in [0.1, 0.15) is 39.5 Å². The number of nitriles is 2. The van der Waals surface area contributed by atoms with Crippen molar-refractivity contribution in [3.63, 3.8) is 0 Å². The summed E-state index contributed by atoms with van der Waals surface area (Å²) in [5, 5.41) is 17.5. The average molecular weight is 253 g/mol. The van der Waals surface area contributed by atoms with Crippen molar-refractivity contribution in [3.8, 4) is 12.1 Å². The highest BCUT2D eigenvalue weighted by atomic mass is 32.1. The Hall–Kier alpha value is -0.710. The topological polar surface area (TPSA) is 50.8 Å². The minimum absolute atomic E-state index is 0.153. The molecule has 96 valence electrons. The lowest BCUT2D eigenvalue weighted by atomic mass is 9.80. The van der Waals surface area contributed by atoms with Gasteiger partial charge >= 0.3 is 0 Å². The third-order valence-corrected chi connectivity index (χ3v) is 3.71. The first-order valence-electron chi connectivity index (χ1n) is 6.25. The van der Waals surface area contributed by atoms with Gasteiger partial charge in [0.25, 0.3) is 0 Å². The minimum atomic E-state index is 0.153. The Morgan fingerprint density at radius 3 is 1.82 bits per heavy atom. The van der Waals surface area contributed by atoms with Gasteiger partial charge < -0.3 is 0 Å². The highest BCUT2D eigenvalue weighted by Gasteiger charge is 2.29. The molecule has 0 N–H and O–H groups in total. The summed E-state index contributed by atoms with van der Waals surface area (Å²) in [7, 11) is 0. The second-order valence-corrected chi connectivity index (χ2v) is 4.94. The number of hydrogen-bond acceptors (Lipinski definition) is 4. The molecule has 0 amide bonds. The van der Waals surface area contributed by atoms with E-state index >= 15 is 0 Å². The van der Waals surface area contributed by atoms with Crippen LogP contribution in [0.2, 0.25) is 0 Å². The number of nitrogens with zero attached hydrogens (tertiary/aromatic N) is 3. The van der Waals surface area contributed by atoms with Crippen LogP contribution in [0.15, 0.2) is 0 Å². The smallest absolute Gasteiger partial charge is 0.0874 e. The zero-order valence-electron chi connectivity index (χ0n) is 10.9. The first-order valence-corrected chi connectivity index (χ1v) is 6.88. The second kappa shape index (κ2) is 9.33. The molecule has 0 radical (unpaired) electrons. The van der Waals surface area contributed by atoms with Crippen LogP contribution < -0.4 is 0 Å². The number of thiol groups is 1. The van der Waals surface area contributed by atoms with Crippen LogP contribution >= 0.6 is 12.6 Å². The van der Waals surface area contributed by atoms with Gasteiger partial charge in [0.2, 0.25) is 0 Å². The fourth-order valence-electron chi connectivity index (χ4n) is 2.39. The van der Waals surface area contributed by atoms with E-state index in [9.17, 15) is 0 Å². The van der Waals surface area contributed by atoms with Crippen LogP contribution in [0.5, 0.6) is 0 Å². The predicted molar refractivity (Wildman–Crippen MR) is 73.8 cm³/mol. The van der Waals surface area contributed by atoms with Crippen molar-refractivity contribution in [3.05, 3.63) is 0 Å². The van der Waals surface area contributed by atoms with E-state index in [1.54, 1.807) is 0 Å². The molecule has 0 atom stereocenters. The first-order chi connectivity index (χ1) is 8.17. The van der Waals surface area contributed by atoms with E-state index in [4.69, 9.17) is 10.5 Å². The van der Waals surface area contributed by atoms with E-state index in [1.807, 2.05) is 4.90 Å². The van der Waals surface area contributed by atoms with E-state index in [0.717, 1.165) is 38.0 Å². The van der Waals surface area contributed by atoms with Gasteiger partial charge in [0.05, 0.1) is 25.2 Å². The Kier molecular flexibility index (Phi) is 8.94. The Labute approximate surface area is 111 Å². The summed E-state index contributed by atoms with van der Waals surface area (Å²) in [6, 6.07) is 4.27. The molecule has 0 spiro atoms. The van der Waals surface area contributed by atoms with Crippen LogP contribution in [0.3, 0.4) is 0 Å². The van der Waals surface area contributed by atoms with Gasteiger partial charge in [0.15, 0.2) is 0 Å². The molecule has 0 aliphatic rings. The standard InChI is InChI=1S/C13H23N3S/c1-3-5-13(12-17,6-4-2)11-16(9-7-14)10-8-15/h17H,3-6,9-12H2,1-2H3. The van der Waals surface area contributed by atoms with Crippen molar-refractivity contribution in [1.29, 1.82) is 10.5 Å². The quantitative estimate of drug-likeness (QED) is 0.508. The molecular weight excluding hydrogens is 230 g/mol. The van der Waals surface area contributed by atoms with Crippen molar-refractivity contribution in [2.24, 2.45) is 5.41 Å². The summed E-state index contributed by atoms with van der Waals surface area (Å²) in [6.45, 7) is 5.81. The van der Waals surface area contributed by atoms with Crippen LogP contribution in [0, 0.1) is 28.1 Å². The number of hydrogen-bond donors (Lipinski definition) is 1. The summed E-state index contributed by atoms with van der Waals surface area (Å²) in [5.74, 6) is 0.821. The Morgan fingerprint density at radius 1 is 1.06 bits per heavy atom. The molecule has 17 heavy (non-hydrogen) atoms. The summed E-state index contributed by atoms with van der Waals surface area (Å²) in [6.07, 6.45) is 4.45. The molecule has 0 aromatic heterocycles. The van der Waals surface area contributed by atoms with E-state index in [0.29, 0.717) is 13.1 Å². The molecule has 0 aliphatic heterocycles. The van der Waals surface area contributed by atoms with Crippen molar-refractivity contribution in [1.82, 2.24) is 4.90 Å². The molecule has 0 saturated heterocycles. The lowest BCUT2D eigenvalue weighted by molar-refractivity contribution is 0.170. The van der Waals surface area contributed by atoms with Gasteiger partial charge in [-0.3, -0.25) is 4.90 Å². The van der Waals surface area contributed by atoms with Crippen LogP contribution in [-0.2, 0) is 0 Å². The monoisotopic (exact) mass is 253 g/mol. The molecule has 0 rings (SSSR count). The molecule has 0 bridgehead atoms. The van der Waals surface area contributed by atoms with Crippen molar-refractivity contribution in [2.45, 2.75) is 39.5 Å². The maximum atomic E-state index is 8.77. The molecule has 0 aliphatic carbocycles. The lowest BCUT2D eigenvalue weighted by Gasteiger charge is -2.36. The molecule has 4 heteroatoms. The molecule has 3 nitrogen and oxygen atoms in total. The van der Waals surface area contributed by atoms with Gasteiger partial charge in [0, 0.05) is 6.54 Å². The maximum Gasteiger partial charge on any atom is 0.0874 e. The summed E-state index contributed by atoms with van der Waals surface area (Å²) in [5.41, 5.74) is 0.153. The predicted octanol–water partition coefficient (Wildman–Crippen LogP) is 2.85. The molecular formula is C13H23N3S. The largest absolute Gasteiger partial charge is 0.277 e. The highest BCUT2D eigenvalue weighted by molar-refractivity contribution is 7.80. The molecule has 0 saturated carbocycles. The summed E-state index contributed by atoms with van der Waals surface area (Å²) < 4.78 is 0. The summed E-state index contributed by atoms with van der Waals surface area (Å²) in [4.78, 5) is 1.93. The van der Waals surface area contributed by atoms with Crippen LogP contribution in [0.4, 0.5) is 0 Å². The highest BCUT2D eigenvalue weighted by Crippen LogP contribution is 2.32. The van der Waals surface area contributed by atoms with E-state index in [1.165, 1.54) is 0 Å². The molecule has 0 fully saturated rings. The van der Waals surface area contributed by atoms with Crippen LogP contribution in [-0.4, -0.2) is 30.3 Å². The van der Waals surface area contributed by atoms with E-state index < -0.39 is 0 Å². The Balaban J connectivity index is 4.67. The Bertz CT molecular complexity index is 255. The zero-order valence-corrected chi connectivity index (χ0v) is 11.8. The van der Waals surface area contributed by atoms with Gasteiger partial charge in [-0.15, -0.1) is 0 Å². The van der Waals surface area contributed by atoms with Crippen molar-refractivity contribution < 1.29 is 0 Å². The maximum absolute atomic E-state index is 8.77. The van der Waals surface area contributed by atoms with E-state index in [2.05, 4.69) is 38.6 Å². The molecule has 0 unspecified atom stereocenters. The number of rotatable bonds is 9. The zero-order chi connectivity index (χ0) is 13.1. The Morgan fingerprint density at radius 2 is 1.53 bits per heavy atom. The van der Waals surface area contributed by atoms with Gasteiger partial charge in [-0.1, -0.05) is 26.7 Å². The average Bonchev–Trinajstić information content (AvgIpc) is 2.30. The van der Waals surface area contributed by atoms with Gasteiger partial charge in [-0.25, -0.2) is 0 Å². The van der Waals surface area contributed by atoms with Gasteiger partial charge in [0.1, 0.15) is 0 Å². The van der Waals surface area contributed by atoms with Gasteiger partial charge in [-0.2, -0.15) is 23.2 Å². The van der Waals surface area contributed by atoms with Crippen molar-refractivity contribution >= 4 is 12.6 Å². The minimum Gasteiger partial charge on any atom is -0.277 e. The van der Waals surface area contributed by atoms with Crippen LogP contribution in [0.25, 0.3) is 0 Å². The summed E-state index contributed by atoms with van der Waals surface area (Å²) >= 11 is 4.49. The molecule has 0 aromatic rings. The second-order valence-electron chi connectivity index (χ2n) is 4.62. The molecule has 0 aromatic carbocycles. The fraction of sp³-hybridized carbons (Fsp3) is 0.846. The van der Waals surface area contributed by atoms with Crippen molar-refractivity contribution in [2.75, 3.05) is 25.4 Å². The SMILES string of the molecule is CCCC(CS)(CCC)CN(CC#N)CC#N. The van der Waals surface area contributed by atoms with Gasteiger partial charge in [-0.05, 0) is 24.0 Å². The fourth-order valence-corrected chi connectivity index (χ4v) is 2.81. The van der Waals surface area contributed by atoms with E-state index in [-0.39, 0.29) is 5.41 Å². The molecule has 0 heterocycles.